The maximum absolute atomic E-state index is 2.41. The number of rotatable bonds is 2. The summed E-state index contributed by atoms with van der Waals surface area (Å²) in [4.78, 5) is 0. The summed E-state index contributed by atoms with van der Waals surface area (Å²) in [6, 6.07) is 11.2. The monoisotopic (exact) mass is 240 g/mol. The normalized spacial score (nSPS) is 17.2. The summed E-state index contributed by atoms with van der Waals surface area (Å²) in [6.45, 7) is 3.29. The van der Waals surface area contributed by atoms with Gasteiger partial charge in [0.2, 0.25) is 5.52 Å². The van der Waals surface area contributed by atoms with Crippen LogP contribution >= 0.6 is 0 Å². The van der Waals surface area contributed by atoms with Crippen LogP contribution < -0.4 is 4.57 Å². The number of para-hydroxylation sites is 1. The lowest BCUT2D eigenvalue weighted by molar-refractivity contribution is -0.668. The molecular formula is C17H22N+. The van der Waals surface area contributed by atoms with Gasteiger partial charge in [-0.25, -0.2) is 0 Å². The molecule has 0 radical (unpaired) electrons. The largest absolute Gasteiger partial charge is 0.212 e. The van der Waals surface area contributed by atoms with Crippen LogP contribution in [0.5, 0.6) is 0 Å². The highest BCUT2D eigenvalue weighted by atomic mass is 14.9. The summed E-state index contributed by atoms with van der Waals surface area (Å²) in [5.74, 6) is 0.793. The van der Waals surface area contributed by atoms with Crippen molar-refractivity contribution >= 4 is 10.9 Å². The quantitative estimate of drug-likeness (QED) is 0.693. The third-order valence-electron chi connectivity index (χ3n) is 4.29. The first-order chi connectivity index (χ1) is 8.88. The Morgan fingerprint density at radius 3 is 2.67 bits per heavy atom. The lowest BCUT2D eigenvalue weighted by Gasteiger charge is -2.21. The van der Waals surface area contributed by atoms with Crippen molar-refractivity contribution in [1.29, 1.82) is 0 Å². The van der Waals surface area contributed by atoms with Crippen LogP contribution in [0, 0.1) is 0 Å². The molecule has 0 spiro atoms. The van der Waals surface area contributed by atoms with Crippen molar-refractivity contribution in [2.75, 3.05) is 0 Å². The zero-order valence-electron chi connectivity index (χ0n) is 11.2. The molecule has 1 aliphatic carbocycles. The van der Waals surface area contributed by atoms with E-state index in [0.29, 0.717) is 0 Å². The maximum Gasteiger partial charge on any atom is 0.212 e. The van der Waals surface area contributed by atoms with Gasteiger partial charge in [0.15, 0.2) is 6.20 Å². The second-order valence-electron chi connectivity index (χ2n) is 5.45. The van der Waals surface area contributed by atoms with Crippen LogP contribution in [0.1, 0.15) is 50.5 Å². The van der Waals surface area contributed by atoms with E-state index in [1.165, 1.54) is 43.0 Å². The Balaban J connectivity index is 2.07. The van der Waals surface area contributed by atoms with E-state index in [0.717, 1.165) is 12.5 Å². The van der Waals surface area contributed by atoms with E-state index < -0.39 is 0 Å². The first-order valence-electron chi connectivity index (χ1n) is 7.30. The molecule has 0 aliphatic heterocycles. The van der Waals surface area contributed by atoms with Crippen LogP contribution in [0.3, 0.4) is 0 Å². The van der Waals surface area contributed by atoms with Gasteiger partial charge < -0.3 is 0 Å². The predicted octanol–water partition coefficient (Wildman–Crippen LogP) is 4.19. The number of aromatic nitrogens is 1. The van der Waals surface area contributed by atoms with Crippen LogP contribution in [-0.4, -0.2) is 0 Å². The van der Waals surface area contributed by atoms with Crippen LogP contribution in [0.25, 0.3) is 10.9 Å². The third-order valence-corrected chi connectivity index (χ3v) is 4.29. The molecule has 0 N–H and O–H groups in total. The van der Waals surface area contributed by atoms with Crippen molar-refractivity contribution in [2.24, 2.45) is 0 Å². The topological polar surface area (TPSA) is 3.88 Å². The van der Waals surface area contributed by atoms with Gasteiger partial charge in [0.05, 0.1) is 0 Å². The maximum atomic E-state index is 2.41. The molecule has 1 nitrogen and oxygen atoms in total. The SMILES string of the molecule is CC[n+]1cc(C2CCCCC2)cc2ccccc21. The molecule has 18 heavy (non-hydrogen) atoms. The number of aryl methyl sites for hydroxylation is 1. The molecule has 0 atom stereocenters. The molecule has 1 heterocycles. The summed E-state index contributed by atoms with van der Waals surface area (Å²) in [5.41, 5.74) is 2.91. The molecule has 1 aromatic heterocycles. The van der Waals surface area contributed by atoms with Crippen molar-refractivity contribution in [3.63, 3.8) is 0 Å². The van der Waals surface area contributed by atoms with E-state index >= 15 is 0 Å². The average molecular weight is 240 g/mol. The fourth-order valence-corrected chi connectivity index (χ4v) is 3.26. The van der Waals surface area contributed by atoms with Gasteiger partial charge in [-0.3, -0.25) is 0 Å². The van der Waals surface area contributed by atoms with Gasteiger partial charge in [-0.05, 0) is 37.8 Å². The first kappa shape index (κ1) is 11.7. The molecule has 94 valence electrons. The Morgan fingerprint density at radius 2 is 1.89 bits per heavy atom. The Bertz CT molecular complexity index is 538. The van der Waals surface area contributed by atoms with Crippen molar-refractivity contribution < 1.29 is 4.57 Å². The summed E-state index contributed by atoms with van der Waals surface area (Å²) in [7, 11) is 0. The van der Waals surface area contributed by atoms with Crippen molar-refractivity contribution in [3.8, 4) is 0 Å². The van der Waals surface area contributed by atoms with E-state index in [4.69, 9.17) is 0 Å². The average Bonchev–Trinajstić information content (AvgIpc) is 2.47. The van der Waals surface area contributed by atoms with Crippen molar-refractivity contribution in [2.45, 2.75) is 51.5 Å². The van der Waals surface area contributed by atoms with Gasteiger partial charge in [0, 0.05) is 17.0 Å². The number of pyridine rings is 1. The second kappa shape index (κ2) is 5.09. The van der Waals surface area contributed by atoms with Crippen LogP contribution in [0.4, 0.5) is 0 Å². The van der Waals surface area contributed by atoms with Gasteiger partial charge in [0.25, 0.3) is 0 Å². The smallest absolute Gasteiger partial charge is 0.198 e. The molecule has 0 saturated heterocycles. The van der Waals surface area contributed by atoms with Crippen molar-refractivity contribution in [1.82, 2.24) is 0 Å². The number of hydrogen-bond donors (Lipinski definition) is 0. The van der Waals surface area contributed by atoms with E-state index in [1.54, 1.807) is 5.56 Å². The summed E-state index contributed by atoms with van der Waals surface area (Å²) >= 11 is 0. The number of fused-ring (bicyclic) bond motifs is 1. The van der Waals surface area contributed by atoms with Gasteiger partial charge >= 0.3 is 0 Å². The number of nitrogens with zero attached hydrogens (tertiary/aromatic N) is 1. The Labute approximate surface area is 109 Å². The van der Waals surface area contributed by atoms with Crippen LogP contribution in [0.2, 0.25) is 0 Å². The molecule has 0 unspecified atom stereocenters. The summed E-state index contributed by atoms with van der Waals surface area (Å²) in [5, 5.41) is 1.39. The standard InChI is InChI=1S/C17H22N/c1-2-18-13-16(14-8-4-3-5-9-14)12-15-10-6-7-11-17(15)18/h6-7,10-14H,2-5,8-9H2,1H3/q+1. The molecule has 1 heteroatoms. The molecule has 1 fully saturated rings. The Kier molecular flexibility index (Phi) is 3.31. The predicted molar refractivity (Wildman–Crippen MR) is 75.6 cm³/mol. The summed E-state index contributed by atoms with van der Waals surface area (Å²) < 4.78 is 2.40. The van der Waals surface area contributed by atoms with E-state index in [2.05, 4.69) is 48.0 Å². The fourth-order valence-electron chi connectivity index (χ4n) is 3.26. The minimum absolute atomic E-state index is 0.793. The molecule has 1 aromatic carbocycles. The molecular weight excluding hydrogens is 218 g/mol. The fraction of sp³-hybridized carbons (Fsp3) is 0.471. The van der Waals surface area contributed by atoms with E-state index in [-0.39, 0.29) is 0 Å². The Morgan fingerprint density at radius 1 is 1.11 bits per heavy atom. The van der Waals surface area contributed by atoms with Gasteiger partial charge in [-0.15, -0.1) is 0 Å². The van der Waals surface area contributed by atoms with Crippen LogP contribution in [0.15, 0.2) is 36.5 Å². The molecule has 3 rings (SSSR count). The molecule has 0 bridgehead atoms. The molecule has 0 amide bonds. The second-order valence-corrected chi connectivity index (χ2v) is 5.45. The van der Waals surface area contributed by atoms with Gasteiger partial charge in [-0.1, -0.05) is 31.4 Å². The number of benzene rings is 1. The summed E-state index contributed by atoms with van der Waals surface area (Å²) in [6.07, 6.45) is 9.38. The molecule has 1 saturated carbocycles. The lowest BCUT2D eigenvalue weighted by atomic mass is 9.84. The zero-order valence-corrected chi connectivity index (χ0v) is 11.2. The lowest BCUT2D eigenvalue weighted by Crippen LogP contribution is -2.33. The molecule has 1 aliphatic rings. The van der Waals surface area contributed by atoms with Gasteiger partial charge in [0.1, 0.15) is 6.54 Å². The highest BCUT2D eigenvalue weighted by Gasteiger charge is 2.19. The minimum Gasteiger partial charge on any atom is -0.198 e. The zero-order chi connectivity index (χ0) is 12.4. The Hall–Kier alpha value is -1.37. The van der Waals surface area contributed by atoms with Crippen molar-refractivity contribution in [3.05, 3.63) is 42.1 Å². The molecule has 2 aromatic rings. The van der Waals surface area contributed by atoms with E-state index in [1.807, 2.05) is 0 Å². The number of hydrogen-bond acceptors (Lipinski definition) is 0. The third kappa shape index (κ3) is 2.14. The first-order valence-corrected chi connectivity index (χ1v) is 7.30. The van der Waals surface area contributed by atoms with E-state index in [9.17, 15) is 0 Å². The highest BCUT2D eigenvalue weighted by Crippen LogP contribution is 2.32. The minimum atomic E-state index is 0.793. The highest BCUT2D eigenvalue weighted by molar-refractivity contribution is 5.75. The van der Waals surface area contributed by atoms with Gasteiger partial charge in [-0.2, -0.15) is 4.57 Å². The van der Waals surface area contributed by atoms with Crippen LogP contribution in [-0.2, 0) is 6.54 Å².